The molecule has 9 heteroatoms. The van der Waals surface area contributed by atoms with Gasteiger partial charge in [-0.1, -0.05) is 12.1 Å². The molecule has 0 radical (unpaired) electrons. The molecule has 32 heavy (non-hydrogen) atoms. The summed E-state index contributed by atoms with van der Waals surface area (Å²) in [6.07, 6.45) is -0.00927. The van der Waals surface area contributed by atoms with Crippen molar-refractivity contribution in [1.82, 2.24) is 15.8 Å². The van der Waals surface area contributed by atoms with E-state index in [0.29, 0.717) is 18.8 Å². The average Bonchev–Trinajstić information content (AvgIpc) is 3.08. The van der Waals surface area contributed by atoms with Gasteiger partial charge in [0.1, 0.15) is 24.1 Å². The average molecular weight is 441 g/mol. The van der Waals surface area contributed by atoms with Crippen LogP contribution in [0.4, 0.5) is 0 Å². The van der Waals surface area contributed by atoms with Crippen molar-refractivity contribution in [1.29, 1.82) is 0 Å². The zero-order valence-electron chi connectivity index (χ0n) is 18.1. The molecule has 3 rings (SSSR count). The third kappa shape index (κ3) is 6.05. The lowest BCUT2D eigenvalue weighted by atomic mass is 10.1. The lowest BCUT2D eigenvalue weighted by Crippen LogP contribution is -2.48. The normalized spacial score (nSPS) is 15.7. The molecular formula is C23H27N3O6. The summed E-state index contributed by atoms with van der Waals surface area (Å²) in [6.45, 7) is 3.35. The molecule has 1 fully saturated rings. The van der Waals surface area contributed by atoms with Crippen LogP contribution in [0.15, 0.2) is 48.5 Å². The number of imide groups is 1. The fourth-order valence-electron chi connectivity index (χ4n) is 3.16. The van der Waals surface area contributed by atoms with Crippen LogP contribution in [0.25, 0.3) is 0 Å². The number of rotatable bonds is 11. The Bertz CT molecular complexity index is 930. The molecule has 0 unspecified atom stereocenters. The van der Waals surface area contributed by atoms with Gasteiger partial charge in [-0.25, -0.2) is 5.43 Å². The van der Waals surface area contributed by atoms with E-state index in [9.17, 15) is 14.4 Å². The van der Waals surface area contributed by atoms with Crippen molar-refractivity contribution in [2.24, 2.45) is 0 Å². The summed E-state index contributed by atoms with van der Waals surface area (Å²) in [5, 5.41) is 0. The summed E-state index contributed by atoms with van der Waals surface area (Å²) in [5.74, 6) is 0.425. The van der Waals surface area contributed by atoms with Crippen molar-refractivity contribution in [3.05, 3.63) is 59.7 Å². The van der Waals surface area contributed by atoms with Crippen LogP contribution in [-0.2, 0) is 20.9 Å². The number of methoxy groups -OCH3 is 1. The molecule has 0 aromatic heterocycles. The van der Waals surface area contributed by atoms with Crippen molar-refractivity contribution in [3.63, 3.8) is 0 Å². The standard InChI is InChI=1S/C23H27N3O6/c1-3-31-18-8-10-19(11-9-18)32-15-16-4-6-17(7-5-16)22(28)25-24-20-14-21(27)26(23(20)29)12-13-30-2/h4-11,20,24H,3,12-15H2,1-2H3,(H,25,28)/t20-/m0/s1. The molecule has 0 aliphatic carbocycles. The van der Waals surface area contributed by atoms with E-state index >= 15 is 0 Å². The van der Waals surface area contributed by atoms with Crippen LogP contribution >= 0.6 is 0 Å². The maximum Gasteiger partial charge on any atom is 0.265 e. The van der Waals surface area contributed by atoms with Gasteiger partial charge in [0.25, 0.3) is 5.91 Å². The first-order chi connectivity index (χ1) is 15.5. The van der Waals surface area contributed by atoms with Crippen molar-refractivity contribution in [2.45, 2.75) is 26.0 Å². The number of benzene rings is 2. The quantitative estimate of drug-likeness (QED) is 0.404. The van der Waals surface area contributed by atoms with E-state index in [0.717, 1.165) is 22.0 Å². The minimum absolute atomic E-state index is 0.00927. The van der Waals surface area contributed by atoms with E-state index in [1.165, 1.54) is 7.11 Å². The molecule has 1 saturated heterocycles. The van der Waals surface area contributed by atoms with E-state index in [1.54, 1.807) is 24.3 Å². The van der Waals surface area contributed by atoms with Crippen molar-refractivity contribution >= 4 is 17.7 Å². The number of hydrogen-bond donors (Lipinski definition) is 2. The van der Waals surface area contributed by atoms with Crippen molar-refractivity contribution < 1.29 is 28.6 Å². The summed E-state index contributed by atoms with van der Waals surface area (Å²) in [6, 6.07) is 13.5. The Morgan fingerprint density at radius 2 is 1.69 bits per heavy atom. The van der Waals surface area contributed by atoms with Crippen LogP contribution in [-0.4, -0.2) is 55.5 Å². The number of likely N-dealkylation sites (tertiary alicyclic amines) is 1. The minimum atomic E-state index is -0.787. The van der Waals surface area contributed by atoms with Gasteiger partial charge in [0.15, 0.2) is 0 Å². The number of ether oxygens (including phenoxy) is 3. The Kier molecular flexibility index (Phi) is 8.18. The van der Waals surface area contributed by atoms with E-state index in [-0.39, 0.29) is 31.4 Å². The second-order valence-electron chi connectivity index (χ2n) is 7.12. The summed E-state index contributed by atoms with van der Waals surface area (Å²) < 4.78 is 16.1. The van der Waals surface area contributed by atoms with Gasteiger partial charge in [-0.15, -0.1) is 0 Å². The molecule has 1 atom stereocenters. The molecule has 2 aromatic carbocycles. The van der Waals surface area contributed by atoms with Crippen molar-refractivity contribution in [3.8, 4) is 11.5 Å². The topological polar surface area (TPSA) is 106 Å². The smallest absolute Gasteiger partial charge is 0.265 e. The number of hydrogen-bond acceptors (Lipinski definition) is 7. The molecule has 0 saturated carbocycles. The first kappa shape index (κ1) is 23.2. The monoisotopic (exact) mass is 441 g/mol. The van der Waals surface area contributed by atoms with Gasteiger partial charge >= 0.3 is 0 Å². The lowest BCUT2D eigenvalue weighted by molar-refractivity contribution is -0.139. The number of amides is 3. The van der Waals surface area contributed by atoms with Gasteiger partial charge in [0.2, 0.25) is 11.8 Å². The van der Waals surface area contributed by atoms with Crippen LogP contribution in [0.5, 0.6) is 11.5 Å². The molecule has 170 valence electrons. The molecule has 2 N–H and O–H groups in total. The zero-order chi connectivity index (χ0) is 22.9. The highest BCUT2D eigenvalue weighted by atomic mass is 16.5. The molecule has 0 bridgehead atoms. The molecular weight excluding hydrogens is 414 g/mol. The van der Waals surface area contributed by atoms with E-state index in [1.807, 2.05) is 31.2 Å². The SMILES string of the molecule is CCOc1ccc(OCc2ccc(C(=O)NN[C@H]3CC(=O)N(CCOC)C3=O)cc2)cc1. The van der Waals surface area contributed by atoms with Crippen LogP contribution in [0.2, 0.25) is 0 Å². The molecule has 1 aliphatic heterocycles. The fraction of sp³-hybridized carbons (Fsp3) is 0.348. The van der Waals surface area contributed by atoms with Gasteiger partial charge in [0.05, 0.1) is 26.2 Å². The summed E-state index contributed by atoms with van der Waals surface area (Å²) >= 11 is 0. The Morgan fingerprint density at radius 1 is 1.03 bits per heavy atom. The molecule has 2 aromatic rings. The van der Waals surface area contributed by atoms with Crippen LogP contribution < -0.4 is 20.3 Å². The van der Waals surface area contributed by atoms with Gasteiger partial charge in [-0.05, 0) is 48.9 Å². The number of carbonyl (C=O) groups is 3. The molecule has 9 nitrogen and oxygen atoms in total. The third-order valence-electron chi connectivity index (χ3n) is 4.88. The first-order valence-electron chi connectivity index (χ1n) is 10.4. The largest absolute Gasteiger partial charge is 0.494 e. The van der Waals surface area contributed by atoms with Crippen molar-refractivity contribution in [2.75, 3.05) is 26.9 Å². The zero-order valence-corrected chi connectivity index (χ0v) is 18.1. The fourth-order valence-corrected chi connectivity index (χ4v) is 3.16. The van der Waals surface area contributed by atoms with E-state index in [2.05, 4.69) is 10.9 Å². The molecule has 1 aliphatic rings. The number of carbonyl (C=O) groups excluding carboxylic acids is 3. The molecule has 0 spiro atoms. The third-order valence-corrected chi connectivity index (χ3v) is 4.88. The maximum absolute atomic E-state index is 12.4. The second-order valence-corrected chi connectivity index (χ2v) is 7.12. The van der Waals surface area contributed by atoms with Crippen LogP contribution in [0, 0.1) is 0 Å². The Morgan fingerprint density at radius 3 is 2.31 bits per heavy atom. The van der Waals surface area contributed by atoms with Gasteiger partial charge in [-0.2, -0.15) is 0 Å². The van der Waals surface area contributed by atoms with Crippen LogP contribution in [0.3, 0.4) is 0 Å². The second kappa shape index (κ2) is 11.3. The van der Waals surface area contributed by atoms with E-state index < -0.39 is 11.9 Å². The van der Waals surface area contributed by atoms with Gasteiger partial charge in [-0.3, -0.25) is 24.7 Å². The number of nitrogens with zero attached hydrogens (tertiary/aromatic N) is 1. The summed E-state index contributed by atoms with van der Waals surface area (Å²) in [4.78, 5) is 37.7. The first-order valence-corrected chi connectivity index (χ1v) is 10.4. The maximum atomic E-state index is 12.4. The predicted octanol–water partition coefficient (Wildman–Crippen LogP) is 1.67. The number of nitrogens with one attached hydrogen (secondary N) is 2. The Hall–Kier alpha value is -3.43. The molecule has 3 amide bonds. The van der Waals surface area contributed by atoms with Gasteiger partial charge in [0, 0.05) is 12.7 Å². The van der Waals surface area contributed by atoms with Crippen LogP contribution in [0.1, 0.15) is 29.3 Å². The lowest BCUT2D eigenvalue weighted by Gasteiger charge is -2.15. The minimum Gasteiger partial charge on any atom is -0.494 e. The van der Waals surface area contributed by atoms with Gasteiger partial charge < -0.3 is 14.2 Å². The highest BCUT2D eigenvalue weighted by Gasteiger charge is 2.38. The highest BCUT2D eigenvalue weighted by Crippen LogP contribution is 2.19. The summed E-state index contributed by atoms with van der Waals surface area (Å²) in [7, 11) is 1.50. The summed E-state index contributed by atoms with van der Waals surface area (Å²) in [5.41, 5.74) is 6.46. The Labute approximate surface area is 186 Å². The predicted molar refractivity (Wildman–Crippen MR) is 116 cm³/mol. The highest BCUT2D eigenvalue weighted by molar-refractivity contribution is 6.05. The Balaban J connectivity index is 1.46. The van der Waals surface area contributed by atoms with E-state index in [4.69, 9.17) is 14.2 Å². The number of hydrazine groups is 1. The molecule has 1 heterocycles.